The van der Waals surface area contributed by atoms with Crippen LogP contribution in [0.1, 0.15) is 121 Å². The summed E-state index contributed by atoms with van der Waals surface area (Å²) in [7, 11) is 0. The molecule has 2 saturated heterocycles. The molecule has 2 heterocycles. The number of carbonyl (C=O) groups is 5. The number of carbonyl (C=O) groups excluding carboxylic acids is 5. The van der Waals surface area contributed by atoms with Gasteiger partial charge in [0, 0.05) is 49.7 Å². The Bertz CT molecular complexity index is 1370. The smallest absolute Gasteiger partial charge is 0.315 e. The van der Waals surface area contributed by atoms with E-state index < -0.39 is 47.2 Å². The van der Waals surface area contributed by atoms with Gasteiger partial charge in [-0.2, -0.15) is 0 Å². The molecule has 12 heteroatoms. The summed E-state index contributed by atoms with van der Waals surface area (Å²) in [6.45, 7) is 23.8. The van der Waals surface area contributed by atoms with E-state index in [1.54, 1.807) is 4.90 Å². The number of nitrogens with two attached hydrogens (primary N) is 1. The molecule has 6 N–H and O–H groups in total. The van der Waals surface area contributed by atoms with Crippen molar-refractivity contribution in [2.45, 2.75) is 157 Å². The predicted molar refractivity (Wildman–Crippen MR) is 197 cm³/mol. The average molecular weight is 714 g/mol. The van der Waals surface area contributed by atoms with Crippen LogP contribution in [0.15, 0.2) is 0 Å². The number of likely N-dealkylation sites (tertiary alicyclic amines) is 1. The number of nitrogens with one attached hydrogen (secondary N) is 4. The maximum Gasteiger partial charge on any atom is 0.315 e. The molecule has 288 valence electrons. The van der Waals surface area contributed by atoms with E-state index in [0.717, 1.165) is 51.6 Å². The Morgan fingerprint density at radius 1 is 0.863 bits per heavy atom. The highest BCUT2D eigenvalue weighted by molar-refractivity contribution is 6.37. The monoisotopic (exact) mass is 714 g/mol. The summed E-state index contributed by atoms with van der Waals surface area (Å²) in [5.74, 6) is -2.35. The molecule has 0 bridgehead atoms. The molecule has 3 saturated carbocycles. The molecule has 1 unspecified atom stereocenters. The Labute approximate surface area is 305 Å². The third-order valence-electron chi connectivity index (χ3n) is 13.9. The highest BCUT2D eigenvalue weighted by atomic mass is 16.2. The highest BCUT2D eigenvalue weighted by Gasteiger charge is 2.85. The minimum absolute atomic E-state index is 0.0584. The van der Waals surface area contributed by atoms with Crippen molar-refractivity contribution in [3.63, 3.8) is 0 Å². The SMILES string of the molecule is C[C@H]1CN(C[C@@H](NC(=O)N[C@H](C(=O)N2C[C@]3(C[C@H]2C(=O)NC(CC2CCC2)C(=O)C(N)=O)C(C)(C)C32CCC2)C(C)(C)C)C(C)(C)C)C[C@H](C)N1. The van der Waals surface area contributed by atoms with E-state index >= 15 is 0 Å². The number of ketones is 1. The summed E-state index contributed by atoms with van der Waals surface area (Å²) in [5.41, 5.74) is 4.26. The van der Waals surface area contributed by atoms with E-state index in [2.05, 4.69) is 74.6 Å². The van der Waals surface area contributed by atoms with Gasteiger partial charge in [-0.15, -0.1) is 0 Å². The molecule has 0 aromatic carbocycles. The average Bonchev–Trinajstić information content (AvgIpc) is 3.18. The Morgan fingerprint density at radius 3 is 1.92 bits per heavy atom. The molecule has 3 aliphatic carbocycles. The van der Waals surface area contributed by atoms with Crippen LogP contribution in [-0.4, -0.2) is 102 Å². The van der Waals surface area contributed by atoms with Crippen molar-refractivity contribution in [3.8, 4) is 0 Å². The normalized spacial score (nSPS) is 30.5. The maximum absolute atomic E-state index is 14.9. The Kier molecular flexibility index (Phi) is 10.8. The fraction of sp³-hybridized carbons (Fsp3) is 0.872. The van der Waals surface area contributed by atoms with Crippen molar-refractivity contribution in [3.05, 3.63) is 0 Å². The van der Waals surface area contributed by atoms with E-state index in [4.69, 9.17) is 5.73 Å². The first-order valence-corrected chi connectivity index (χ1v) is 19.5. The number of nitrogens with zero attached hydrogens (tertiary/aromatic N) is 2. The minimum atomic E-state index is -1.07. The van der Waals surface area contributed by atoms with Crippen LogP contribution in [0.4, 0.5) is 4.79 Å². The number of urea groups is 1. The first-order valence-electron chi connectivity index (χ1n) is 19.5. The zero-order valence-electron chi connectivity index (χ0n) is 33.0. The second kappa shape index (κ2) is 13.9. The number of piperazine rings is 1. The fourth-order valence-corrected chi connectivity index (χ4v) is 10.3. The van der Waals surface area contributed by atoms with Crippen molar-refractivity contribution >= 4 is 29.5 Å². The lowest BCUT2D eigenvalue weighted by Crippen LogP contribution is -2.63. The second-order valence-corrected chi connectivity index (χ2v) is 19.7. The van der Waals surface area contributed by atoms with Crippen molar-refractivity contribution in [2.24, 2.45) is 38.7 Å². The number of hydrogen-bond donors (Lipinski definition) is 5. The Morgan fingerprint density at radius 2 is 1.47 bits per heavy atom. The molecule has 51 heavy (non-hydrogen) atoms. The van der Waals surface area contributed by atoms with Crippen LogP contribution in [0, 0.1) is 33.0 Å². The number of primary amides is 1. The number of rotatable bonds is 11. The van der Waals surface area contributed by atoms with Gasteiger partial charge >= 0.3 is 6.03 Å². The summed E-state index contributed by atoms with van der Waals surface area (Å²) < 4.78 is 0. The van der Waals surface area contributed by atoms with Crippen LogP contribution in [0.3, 0.4) is 0 Å². The predicted octanol–water partition coefficient (Wildman–Crippen LogP) is 3.32. The Balaban J connectivity index is 1.38. The van der Waals surface area contributed by atoms with Crippen LogP contribution in [-0.2, 0) is 19.2 Å². The summed E-state index contributed by atoms with van der Waals surface area (Å²) in [6.07, 6.45) is 7.02. The number of hydrogen-bond acceptors (Lipinski definition) is 7. The van der Waals surface area contributed by atoms with E-state index in [1.807, 2.05) is 20.8 Å². The van der Waals surface area contributed by atoms with Gasteiger partial charge in [0.1, 0.15) is 12.1 Å². The molecule has 0 aromatic heterocycles. The molecule has 7 atom stereocenters. The summed E-state index contributed by atoms with van der Waals surface area (Å²) in [6, 6.07) is -2.67. The molecule has 5 rings (SSSR count). The summed E-state index contributed by atoms with van der Waals surface area (Å²) in [5, 5.41) is 12.7. The molecular formula is C39H67N7O5. The van der Waals surface area contributed by atoms with Crippen LogP contribution in [0.25, 0.3) is 0 Å². The molecule has 2 aliphatic heterocycles. The van der Waals surface area contributed by atoms with Gasteiger partial charge in [0.2, 0.25) is 17.6 Å². The van der Waals surface area contributed by atoms with Gasteiger partial charge in [-0.05, 0) is 67.1 Å². The molecule has 12 nitrogen and oxygen atoms in total. The number of fused-ring (bicyclic) bond motifs is 1. The lowest BCUT2D eigenvalue weighted by molar-refractivity contribution is -0.143. The van der Waals surface area contributed by atoms with Crippen molar-refractivity contribution in [1.82, 2.24) is 31.1 Å². The standard InChI is InChI=1S/C39H67N7O5/c1-23-19-45(20-24(2)41-23)21-28(35(3,4)5)43-34(51)44-30(36(6,7)8)33(50)46-22-39(37(9,10)38(39)15-12-16-38)18-27(46)32(49)42-26(29(47)31(40)48)17-25-13-11-14-25/h23-28,30,41H,11-22H2,1-10H3,(H2,40,48)(H,42,49)(H2,43,44,51)/t23-,24-,26?,27-,28+,30+,39+/m0/s1. The highest BCUT2D eigenvalue weighted by Crippen LogP contribution is 2.88. The first-order chi connectivity index (χ1) is 23.5. The minimum Gasteiger partial charge on any atom is -0.363 e. The topological polar surface area (TPSA) is 166 Å². The van der Waals surface area contributed by atoms with Crippen LogP contribution >= 0.6 is 0 Å². The summed E-state index contributed by atoms with van der Waals surface area (Å²) in [4.78, 5) is 72.1. The molecular weight excluding hydrogens is 646 g/mol. The molecule has 5 aliphatic rings. The van der Waals surface area contributed by atoms with Crippen LogP contribution in [0.2, 0.25) is 0 Å². The van der Waals surface area contributed by atoms with Crippen LogP contribution in [0.5, 0.6) is 0 Å². The van der Waals surface area contributed by atoms with E-state index in [-0.39, 0.29) is 39.5 Å². The largest absolute Gasteiger partial charge is 0.363 e. The zero-order valence-corrected chi connectivity index (χ0v) is 33.0. The second-order valence-electron chi connectivity index (χ2n) is 19.7. The van der Waals surface area contributed by atoms with Gasteiger partial charge in [0.15, 0.2) is 0 Å². The maximum atomic E-state index is 14.9. The van der Waals surface area contributed by atoms with E-state index in [0.29, 0.717) is 38.0 Å². The van der Waals surface area contributed by atoms with E-state index in [9.17, 15) is 24.0 Å². The lowest BCUT2D eigenvalue weighted by atomic mass is 9.73. The number of Topliss-reactive ketones (excluding diaryl/α,β-unsaturated/α-hetero) is 1. The first kappa shape index (κ1) is 39.5. The number of amides is 5. The third kappa shape index (κ3) is 7.42. The molecule has 0 radical (unpaired) electrons. The van der Waals surface area contributed by atoms with Gasteiger partial charge in [-0.1, -0.05) is 81.1 Å². The fourth-order valence-electron chi connectivity index (χ4n) is 10.3. The Hall–Kier alpha value is -2.73. The third-order valence-corrected chi connectivity index (χ3v) is 13.9. The molecule has 5 fully saturated rings. The van der Waals surface area contributed by atoms with Crippen molar-refractivity contribution < 1.29 is 24.0 Å². The zero-order chi connectivity index (χ0) is 37.9. The van der Waals surface area contributed by atoms with E-state index in [1.165, 1.54) is 0 Å². The summed E-state index contributed by atoms with van der Waals surface area (Å²) >= 11 is 0. The van der Waals surface area contributed by atoms with Crippen LogP contribution < -0.4 is 27.0 Å². The van der Waals surface area contributed by atoms with Crippen molar-refractivity contribution in [2.75, 3.05) is 26.2 Å². The molecule has 0 aromatic rings. The van der Waals surface area contributed by atoms with Gasteiger partial charge in [0.05, 0.1) is 6.04 Å². The van der Waals surface area contributed by atoms with Gasteiger partial charge in [-0.25, -0.2) is 4.79 Å². The molecule has 2 spiro atoms. The molecule has 5 amide bonds. The lowest BCUT2D eigenvalue weighted by Gasteiger charge is -2.41. The van der Waals surface area contributed by atoms with Crippen molar-refractivity contribution in [1.29, 1.82) is 0 Å². The van der Waals surface area contributed by atoms with Gasteiger partial charge in [-0.3, -0.25) is 24.1 Å². The quantitative estimate of drug-likeness (QED) is 0.205. The van der Waals surface area contributed by atoms with Gasteiger partial charge in [0.25, 0.3) is 5.91 Å². The van der Waals surface area contributed by atoms with Gasteiger partial charge < -0.3 is 31.9 Å².